The zero-order chi connectivity index (χ0) is 14.1. The van der Waals surface area contributed by atoms with E-state index in [1.54, 1.807) is 8.61 Å². The van der Waals surface area contributed by atoms with Gasteiger partial charge in [0.2, 0.25) is 0 Å². The Morgan fingerprint density at radius 1 is 1.21 bits per heavy atom. The number of hydrogen-bond acceptors (Lipinski definition) is 3. The van der Waals surface area contributed by atoms with Crippen LogP contribution < -0.4 is 5.32 Å². The Morgan fingerprint density at radius 3 is 2.32 bits per heavy atom. The molecule has 1 N–H and O–H groups in total. The van der Waals surface area contributed by atoms with E-state index in [9.17, 15) is 8.42 Å². The second-order valence-electron chi connectivity index (χ2n) is 6.40. The SMILES string of the molecule is CNCC1CCN(S(=O)(=O)N2CCCC2(C)C)CC1. The Balaban J connectivity index is 2.02. The summed E-state index contributed by atoms with van der Waals surface area (Å²) in [5.41, 5.74) is -0.222. The minimum absolute atomic E-state index is 0.222. The summed E-state index contributed by atoms with van der Waals surface area (Å²) >= 11 is 0. The van der Waals surface area contributed by atoms with Crippen LogP contribution in [0.15, 0.2) is 0 Å². The van der Waals surface area contributed by atoms with E-state index in [0.717, 1.165) is 32.2 Å². The lowest BCUT2D eigenvalue weighted by molar-refractivity contribution is 0.226. The van der Waals surface area contributed by atoms with Crippen LogP contribution in [-0.4, -0.2) is 55.8 Å². The predicted octanol–water partition coefficient (Wildman–Crippen LogP) is 1.04. The molecule has 2 aliphatic heterocycles. The number of nitrogens with one attached hydrogen (secondary N) is 1. The first-order chi connectivity index (χ1) is 8.88. The lowest BCUT2D eigenvalue weighted by atomic mass is 9.98. The van der Waals surface area contributed by atoms with Crippen LogP contribution in [0.25, 0.3) is 0 Å². The molecule has 0 radical (unpaired) electrons. The smallest absolute Gasteiger partial charge is 0.282 e. The molecule has 0 aromatic heterocycles. The van der Waals surface area contributed by atoms with Crippen molar-refractivity contribution in [3.63, 3.8) is 0 Å². The number of nitrogens with zero attached hydrogens (tertiary/aromatic N) is 2. The van der Waals surface area contributed by atoms with Crippen LogP contribution >= 0.6 is 0 Å². The lowest BCUT2D eigenvalue weighted by Crippen LogP contribution is -2.52. The summed E-state index contributed by atoms with van der Waals surface area (Å²) in [6, 6.07) is 0. The van der Waals surface area contributed by atoms with Crippen LogP contribution in [0.5, 0.6) is 0 Å². The topological polar surface area (TPSA) is 52.7 Å². The summed E-state index contributed by atoms with van der Waals surface area (Å²) in [7, 11) is -1.31. The third-order valence-electron chi connectivity index (χ3n) is 4.50. The fourth-order valence-corrected chi connectivity index (χ4v) is 5.31. The second-order valence-corrected chi connectivity index (χ2v) is 8.25. The summed E-state index contributed by atoms with van der Waals surface area (Å²) in [4.78, 5) is 0. The highest BCUT2D eigenvalue weighted by Gasteiger charge is 2.43. The first-order valence-corrected chi connectivity index (χ1v) is 8.70. The van der Waals surface area contributed by atoms with E-state index in [2.05, 4.69) is 5.32 Å². The van der Waals surface area contributed by atoms with Gasteiger partial charge in [0.05, 0.1) is 0 Å². The minimum atomic E-state index is -3.26. The van der Waals surface area contributed by atoms with Crippen LogP contribution in [0.3, 0.4) is 0 Å². The molecule has 0 saturated carbocycles. The largest absolute Gasteiger partial charge is 0.319 e. The first kappa shape index (κ1) is 15.2. The van der Waals surface area contributed by atoms with Gasteiger partial charge in [-0.15, -0.1) is 0 Å². The van der Waals surface area contributed by atoms with Crippen LogP contribution in [0.4, 0.5) is 0 Å². The highest BCUT2D eigenvalue weighted by atomic mass is 32.2. The molecule has 2 saturated heterocycles. The van der Waals surface area contributed by atoms with Crippen molar-refractivity contribution in [2.45, 2.75) is 45.1 Å². The van der Waals surface area contributed by atoms with E-state index in [-0.39, 0.29) is 5.54 Å². The van der Waals surface area contributed by atoms with Gasteiger partial charge in [-0.25, -0.2) is 0 Å². The average Bonchev–Trinajstić information content (AvgIpc) is 2.71. The van der Waals surface area contributed by atoms with Gasteiger partial charge in [0, 0.05) is 25.2 Å². The van der Waals surface area contributed by atoms with Crippen molar-refractivity contribution >= 4 is 10.2 Å². The molecule has 0 aliphatic carbocycles. The maximum atomic E-state index is 12.7. The summed E-state index contributed by atoms with van der Waals surface area (Å²) in [6.45, 7) is 7.06. The molecule has 19 heavy (non-hydrogen) atoms. The highest BCUT2D eigenvalue weighted by Crippen LogP contribution is 2.33. The zero-order valence-electron chi connectivity index (χ0n) is 12.4. The molecule has 0 aromatic rings. The van der Waals surface area contributed by atoms with Gasteiger partial charge in [-0.1, -0.05) is 0 Å². The predicted molar refractivity (Wildman–Crippen MR) is 77.2 cm³/mol. The molecule has 0 atom stereocenters. The summed E-state index contributed by atoms with van der Waals surface area (Å²) in [5.74, 6) is 0.614. The maximum absolute atomic E-state index is 12.7. The van der Waals surface area contributed by atoms with Gasteiger partial charge in [-0.3, -0.25) is 0 Å². The Kier molecular flexibility index (Phi) is 4.55. The van der Waals surface area contributed by atoms with Crippen LogP contribution in [0.2, 0.25) is 0 Å². The fourth-order valence-electron chi connectivity index (χ4n) is 3.28. The van der Waals surface area contributed by atoms with Gasteiger partial charge in [-0.2, -0.15) is 17.0 Å². The van der Waals surface area contributed by atoms with E-state index in [1.165, 1.54) is 0 Å². The van der Waals surface area contributed by atoms with E-state index >= 15 is 0 Å². The second kappa shape index (κ2) is 5.68. The molecule has 2 fully saturated rings. The van der Waals surface area contributed by atoms with Crippen LogP contribution in [-0.2, 0) is 10.2 Å². The monoisotopic (exact) mass is 289 g/mol. The number of hydrogen-bond donors (Lipinski definition) is 1. The molecule has 0 bridgehead atoms. The van der Waals surface area contributed by atoms with Gasteiger partial charge < -0.3 is 5.32 Å². The molecular formula is C13H27N3O2S. The van der Waals surface area contributed by atoms with Gasteiger partial charge in [-0.05, 0) is 59.0 Å². The third kappa shape index (κ3) is 3.12. The van der Waals surface area contributed by atoms with Crippen molar-refractivity contribution in [3.05, 3.63) is 0 Å². The van der Waals surface area contributed by atoms with Gasteiger partial charge in [0.25, 0.3) is 10.2 Å². The zero-order valence-corrected chi connectivity index (χ0v) is 13.2. The average molecular weight is 289 g/mol. The van der Waals surface area contributed by atoms with Crippen molar-refractivity contribution in [2.75, 3.05) is 33.2 Å². The van der Waals surface area contributed by atoms with Crippen molar-refractivity contribution in [3.8, 4) is 0 Å². The normalized spacial score (nSPS) is 26.9. The van der Waals surface area contributed by atoms with Gasteiger partial charge >= 0.3 is 0 Å². The minimum Gasteiger partial charge on any atom is -0.319 e. The van der Waals surface area contributed by atoms with E-state index in [0.29, 0.717) is 25.6 Å². The quantitative estimate of drug-likeness (QED) is 0.841. The first-order valence-electron chi connectivity index (χ1n) is 7.30. The van der Waals surface area contributed by atoms with Crippen LogP contribution in [0, 0.1) is 5.92 Å². The number of piperidine rings is 1. The van der Waals surface area contributed by atoms with E-state index in [4.69, 9.17) is 0 Å². The standard InChI is InChI=1S/C13H27N3O2S/c1-13(2)7-4-8-16(13)19(17,18)15-9-5-12(6-10-15)11-14-3/h12,14H,4-11H2,1-3H3. The van der Waals surface area contributed by atoms with Crippen molar-refractivity contribution in [1.82, 2.24) is 13.9 Å². The molecule has 112 valence electrons. The molecule has 0 unspecified atom stereocenters. The Morgan fingerprint density at radius 2 is 1.84 bits per heavy atom. The Bertz CT molecular complexity index is 400. The van der Waals surface area contributed by atoms with E-state index in [1.807, 2.05) is 20.9 Å². The van der Waals surface area contributed by atoms with E-state index < -0.39 is 10.2 Å². The number of rotatable bonds is 4. The van der Waals surface area contributed by atoms with Crippen LogP contribution in [0.1, 0.15) is 39.5 Å². The molecule has 2 rings (SSSR count). The molecule has 0 aromatic carbocycles. The van der Waals surface area contributed by atoms with Gasteiger partial charge in [0.1, 0.15) is 0 Å². The molecule has 0 spiro atoms. The van der Waals surface area contributed by atoms with Gasteiger partial charge in [0.15, 0.2) is 0 Å². The molecule has 2 heterocycles. The summed E-state index contributed by atoms with van der Waals surface area (Å²) in [5, 5.41) is 3.18. The maximum Gasteiger partial charge on any atom is 0.282 e. The Hall–Kier alpha value is -0.170. The molecular weight excluding hydrogens is 262 g/mol. The highest BCUT2D eigenvalue weighted by molar-refractivity contribution is 7.86. The molecule has 6 heteroatoms. The van der Waals surface area contributed by atoms with Crippen molar-refractivity contribution in [2.24, 2.45) is 5.92 Å². The fraction of sp³-hybridized carbons (Fsp3) is 1.00. The van der Waals surface area contributed by atoms with Crippen molar-refractivity contribution in [1.29, 1.82) is 0 Å². The summed E-state index contributed by atoms with van der Waals surface area (Å²) < 4.78 is 28.8. The lowest BCUT2D eigenvalue weighted by Gasteiger charge is -2.38. The molecule has 5 nitrogen and oxygen atoms in total. The Labute approximate surface area is 117 Å². The third-order valence-corrected chi connectivity index (χ3v) is 6.75. The summed E-state index contributed by atoms with van der Waals surface area (Å²) in [6.07, 6.45) is 3.87. The molecule has 0 amide bonds. The van der Waals surface area contributed by atoms with Crippen molar-refractivity contribution < 1.29 is 8.42 Å². The molecule has 2 aliphatic rings.